The fourth-order valence-corrected chi connectivity index (χ4v) is 1.34. The number of nitrogens with one attached hydrogen (secondary N) is 1. The van der Waals surface area contributed by atoms with E-state index in [0.29, 0.717) is 16.9 Å². The van der Waals surface area contributed by atoms with Gasteiger partial charge in [0.1, 0.15) is 0 Å². The summed E-state index contributed by atoms with van der Waals surface area (Å²) >= 11 is 0. The minimum absolute atomic E-state index is 0.187. The van der Waals surface area contributed by atoms with E-state index in [1.165, 1.54) is 0 Å². The highest BCUT2D eigenvalue weighted by molar-refractivity contribution is 6.07. The molecule has 1 aromatic rings. The lowest BCUT2D eigenvalue weighted by Gasteiger charge is -2.08. The predicted octanol–water partition coefficient (Wildman–Crippen LogP) is 4.31. The van der Waals surface area contributed by atoms with Gasteiger partial charge in [0, 0.05) is 5.57 Å². The Labute approximate surface area is 121 Å². The van der Waals surface area contributed by atoms with Crippen molar-refractivity contribution in [2.75, 3.05) is 11.1 Å². The lowest BCUT2D eigenvalue weighted by atomic mass is 10.1. The molecule has 1 amide bonds. The zero-order chi connectivity index (χ0) is 15.5. The Balaban J connectivity index is 0.00000172. The van der Waals surface area contributed by atoms with Crippen LogP contribution in [0.15, 0.2) is 60.2 Å². The number of amides is 1. The molecule has 0 unspecified atom stereocenters. The third-order valence-electron chi connectivity index (χ3n) is 2.33. The van der Waals surface area contributed by atoms with Gasteiger partial charge in [0.2, 0.25) is 0 Å². The van der Waals surface area contributed by atoms with Crippen molar-refractivity contribution < 1.29 is 4.79 Å². The van der Waals surface area contributed by atoms with E-state index in [9.17, 15) is 4.79 Å². The van der Waals surface area contributed by atoms with Crippen molar-refractivity contribution in [2.45, 2.75) is 27.7 Å². The second-order valence-corrected chi connectivity index (χ2v) is 3.97. The minimum atomic E-state index is -0.187. The molecule has 0 aliphatic rings. The van der Waals surface area contributed by atoms with Crippen LogP contribution in [0.3, 0.4) is 0 Å². The van der Waals surface area contributed by atoms with Crippen molar-refractivity contribution in [1.82, 2.24) is 0 Å². The molecule has 0 saturated heterocycles. The highest BCUT2D eigenvalue weighted by Crippen LogP contribution is 2.17. The van der Waals surface area contributed by atoms with Crippen molar-refractivity contribution in [3.8, 4) is 0 Å². The monoisotopic (exact) mass is 272 g/mol. The normalized spacial score (nSPS) is 10.7. The molecule has 0 aliphatic carbocycles. The molecular weight excluding hydrogens is 248 g/mol. The molecule has 0 aliphatic heterocycles. The number of hydrogen-bond donors (Lipinski definition) is 2. The van der Waals surface area contributed by atoms with E-state index in [2.05, 4.69) is 11.9 Å². The third kappa shape index (κ3) is 6.05. The lowest BCUT2D eigenvalue weighted by molar-refractivity contribution is -0.112. The summed E-state index contributed by atoms with van der Waals surface area (Å²) in [7, 11) is 0. The van der Waals surface area contributed by atoms with Crippen LogP contribution in [-0.4, -0.2) is 5.91 Å². The molecular formula is C17H24N2O. The quantitative estimate of drug-likeness (QED) is 0.487. The van der Waals surface area contributed by atoms with Crippen molar-refractivity contribution >= 4 is 17.3 Å². The molecule has 3 heteroatoms. The van der Waals surface area contributed by atoms with E-state index in [-0.39, 0.29) is 5.91 Å². The number of nitrogens with two attached hydrogens (primary N) is 1. The van der Waals surface area contributed by atoms with Gasteiger partial charge in [-0.15, -0.1) is 0 Å². The summed E-state index contributed by atoms with van der Waals surface area (Å²) < 4.78 is 0. The van der Waals surface area contributed by atoms with Gasteiger partial charge in [-0.05, 0) is 32.1 Å². The molecule has 0 spiro atoms. The van der Waals surface area contributed by atoms with E-state index in [1.54, 1.807) is 30.4 Å². The first-order valence-corrected chi connectivity index (χ1v) is 6.70. The molecule has 0 atom stereocenters. The van der Waals surface area contributed by atoms with Crippen LogP contribution in [0, 0.1) is 0 Å². The van der Waals surface area contributed by atoms with E-state index in [0.717, 1.165) is 5.57 Å². The molecule has 0 radical (unpaired) electrons. The van der Waals surface area contributed by atoms with Gasteiger partial charge in [0.15, 0.2) is 0 Å². The zero-order valence-electron chi connectivity index (χ0n) is 12.7. The largest absolute Gasteiger partial charge is 0.397 e. The second-order valence-electron chi connectivity index (χ2n) is 3.97. The number of carbonyl (C=O) groups is 1. The number of para-hydroxylation sites is 2. The van der Waals surface area contributed by atoms with Crippen LogP contribution in [0.2, 0.25) is 0 Å². The summed E-state index contributed by atoms with van der Waals surface area (Å²) in [6.07, 6.45) is 5.27. The average molecular weight is 272 g/mol. The first kappa shape index (κ1) is 17.7. The van der Waals surface area contributed by atoms with Gasteiger partial charge in [-0.2, -0.15) is 0 Å². The maximum atomic E-state index is 12.0. The standard InChI is InChI=1S/C15H18N2O.C2H6/c1-4-12(10-9-11(2)3)15(18)17-14-8-6-5-7-13(14)16;1-2/h4-10H,2,16H2,1,3H3,(H,17,18);1-2H3/b10-9-,12-4+;. The van der Waals surface area contributed by atoms with Crippen molar-refractivity contribution in [2.24, 2.45) is 0 Å². The Hall–Kier alpha value is -2.29. The molecule has 0 bridgehead atoms. The van der Waals surface area contributed by atoms with Crippen LogP contribution in [0.5, 0.6) is 0 Å². The zero-order valence-corrected chi connectivity index (χ0v) is 12.7. The summed E-state index contributed by atoms with van der Waals surface area (Å²) in [5.74, 6) is -0.187. The van der Waals surface area contributed by atoms with Crippen LogP contribution in [0.25, 0.3) is 0 Å². The van der Waals surface area contributed by atoms with Crippen LogP contribution < -0.4 is 11.1 Å². The molecule has 0 heterocycles. The van der Waals surface area contributed by atoms with Gasteiger partial charge in [0.25, 0.3) is 5.91 Å². The smallest absolute Gasteiger partial charge is 0.255 e. The molecule has 0 fully saturated rings. The molecule has 3 N–H and O–H groups in total. The van der Waals surface area contributed by atoms with E-state index >= 15 is 0 Å². The van der Waals surface area contributed by atoms with Gasteiger partial charge in [-0.25, -0.2) is 0 Å². The third-order valence-corrected chi connectivity index (χ3v) is 2.33. The maximum Gasteiger partial charge on any atom is 0.255 e. The fraction of sp³-hybridized carbons (Fsp3) is 0.235. The maximum absolute atomic E-state index is 12.0. The molecule has 0 aromatic heterocycles. The minimum Gasteiger partial charge on any atom is -0.397 e. The first-order valence-electron chi connectivity index (χ1n) is 6.70. The predicted molar refractivity (Wildman–Crippen MR) is 88.5 cm³/mol. The number of anilines is 2. The average Bonchev–Trinajstić information content (AvgIpc) is 2.44. The molecule has 3 nitrogen and oxygen atoms in total. The number of carbonyl (C=O) groups excluding carboxylic acids is 1. The number of nitrogen functional groups attached to an aromatic ring is 1. The second kappa shape index (κ2) is 9.62. The Kier molecular flexibility index (Phi) is 8.51. The fourth-order valence-electron chi connectivity index (χ4n) is 1.34. The summed E-state index contributed by atoms with van der Waals surface area (Å²) in [6.45, 7) is 11.4. The van der Waals surface area contributed by atoms with Crippen molar-refractivity contribution in [3.63, 3.8) is 0 Å². The number of allylic oxidation sites excluding steroid dienone is 3. The molecule has 0 saturated carbocycles. The first-order chi connectivity index (χ1) is 9.54. The Morgan fingerprint density at radius 1 is 1.25 bits per heavy atom. The number of hydrogen-bond acceptors (Lipinski definition) is 2. The Bertz CT molecular complexity index is 513. The topological polar surface area (TPSA) is 55.1 Å². The molecule has 1 rings (SSSR count). The van der Waals surface area contributed by atoms with Crippen molar-refractivity contribution in [1.29, 1.82) is 0 Å². The lowest BCUT2D eigenvalue weighted by Crippen LogP contribution is -2.14. The van der Waals surface area contributed by atoms with E-state index in [1.807, 2.05) is 39.8 Å². The van der Waals surface area contributed by atoms with Gasteiger partial charge < -0.3 is 11.1 Å². The highest BCUT2D eigenvalue weighted by Gasteiger charge is 2.07. The SMILES string of the molecule is C=C(C)/C=C\C(=C/C)C(=O)Nc1ccccc1N.CC. The van der Waals surface area contributed by atoms with E-state index < -0.39 is 0 Å². The van der Waals surface area contributed by atoms with Gasteiger partial charge in [0.05, 0.1) is 11.4 Å². The van der Waals surface area contributed by atoms with E-state index in [4.69, 9.17) is 5.73 Å². The van der Waals surface area contributed by atoms with Crippen molar-refractivity contribution in [3.05, 3.63) is 60.2 Å². The van der Waals surface area contributed by atoms with Gasteiger partial charge in [-0.1, -0.05) is 50.3 Å². The number of rotatable bonds is 4. The van der Waals surface area contributed by atoms with Gasteiger partial charge in [-0.3, -0.25) is 4.79 Å². The summed E-state index contributed by atoms with van der Waals surface area (Å²) in [4.78, 5) is 12.0. The highest BCUT2D eigenvalue weighted by atomic mass is 16.1. The van der Waals surface area contributed by atoms with Crippen LogP contribution >= 0.6 is 0 Å². The summed E-state index contributed by atoms with van der Waals surface area (Å²) in [5, 5.41) is 2.77. The van der Waals surface area contributed by atoms with Gasteiger partial charge >= 0.3 is 0 Å². The summed E-state index contributed by atoms with van der Waals surface area (Å²) in [5.41, 5.74) is 8.39. The molecule has 1 aromatic carbocycles. The number of benzene rings is 1. The molecule has 20 heavy (non-hydrogen) atoms. The van der Waals surface area contributed by atoms with Crippen LogP contribution in [0.4, 0.5) is 11.4 Å². The Morgan fingerprint density at radius 3 is 2.35 bits per heavy atom. The Morgan fingerprint density at radius 2 is 1.85 bits per heavy atom. The summed E-state index contributed by atoms with van der Waals surface area (Å²) in [6, 6.07) is 7.16. The molecule has 108 valence electrons. The van der Waals surface area contributed by atoms with Crippen LogP contribution in [-0.2, 0) is 4.79 Å². The van der Waals surface area contributed by atoms with Crippen LogP contribution in [0.1, 0.15) is 27.7 Å².